The third-order valence-electron chi connectivity index (χ3n) is 2.35. The Bertz CT molecular complexity index is 639. The molecule has 1 heterocycles. The molecule has 0 radical (unpaired) electrons. The van der Waals surface area contributed by atoms with Gasteiger partial charge in [0.05, 0.1) is 11.0 Å². The number of imidazole rings is 1. The molecule has 0 aliphatic rings. The fourth-order valence-electron chi connectivity index (χ4n) is 1.50. The van der Waals surface area contributed by atoms with Gasteiger partial charge in [0.1, 0.15) is 0 Å². The molecule has 0 bridgehead atoms. The molecule has 1 aromatic carbocycles. The summed E-state index contributed by atoms with van der Waals surface area (Å²) in [7, 11) is 0. The van der Waals surface area contributed by atoms with Crippen molar-refractivity contribution in [3.8, 4) is 0 Å². The number of fused-ring (bicyclic) bond motifs is 1. The monoisotopic (exact) mass is 233 g/mol. The molecule has 0 spiro atoms. The summed E-state index contributed by atoms with van der Waals surface area (Å²) < 4.78 is 0. The number of aromatic nitrogens is 2. The van der Waals surface area contributed by atoms with E-state index in [1.807, 2.05) is 0 Å². The standard InChI is InChI=1S/C11H11N3O3/c1-6(15)10(16)12-5-7-2-3-8-9(4-7)14-11(17)13-8/h2-4H,5H2,1H3,(H,12,16)(H2,13,14,17). The third kappa shape index (κ3) is 2.41. The minimum absolute atomic E-state index is 0.252. The van der Waals surface area contributed by atoms with Crippen molar-refractivity contribution in [2.24, 2.45) is 0 Å². The minimum Gasteiger partial charge on any atom is -0.345 e. The second-order valence-electron chi connectivity index (χ2n) is 3.70. The predicted octanol–water partition coefficient (Wildman–Crippen LogP) is 0.0614. The van der Waals surface area contributed by atoms with Crippen molar-refractivity contribution in [2.75, 3.05) is 0 Å². The number of hydrogen-bond acceptors (Lipinski definition) is 3. The van der Waals surface area contributed by atoms with Crippen molar-refractivity contribution >= 4 is 22.7 Å². The Morgan fingerprint density at radius 3 is 2.65 bits per heavy atom. The van der Waals surface area contributed by atoms with Crippen LogP contribution in [0.1, 0.15) is 12.5 Å². The molecule has 1 aromatic heterocycles. The molecule has 0 saturated carbocycles. The average molecular weight is 233 g/mol. The maximum atomic E-state index is 11.1. The summed E-state index contributed by atoms with van der Waals surface area (Å²) in [6, 6.07) is 5.25. The van der Waals surface area contributed by atoms with Crippen LogP contribution in [0.2, 0.25) is 0 Å². The molecule has 0 aliphatic carbocycles. The topological polar surface area (TPSA) is 94.8 Å². The molecule has 0 atom stereocenters. The SMILES string of the molecule is CC(=O)C(=O)NCc1ccc2[nH]c(=O)[nH]c2c1. The lowest BCUT2D eigenvalue weighted by Crippen LogP contribution is -2.28. The molecule has 3 N–H and O–H groups in total. The highest BCUT2D eigenvalue weighted by Gasteiger charge is 2.06. The molecule has 6 heteroatoms. The Labute approximate surface area is 96.0 Å². The molecule has 0 aliphatic heterocycles. The quantitative estimate of drug-likeness (QED) is 0.654. The maximum Gasteiger partial charge on any atom is 0.323 e. The second kappa shape index (κ2) is 4.25. The molecule has 0 fully saturated rings. The number of carbonyl (C=O) groups is 2. The number of aromatic amines is 2. The van der Waals surface area contributed by atoms with Gasteiger partial charge in [0.15, 0.2) is 0 Å². The van der Waals surface area contributed by atoms with Gasteiger partial charge in [-0.3, -0.25) is 9.59 Å². The Morgan fingerprint density at radius 2 is 1.94 bits per heavy atom. The van der Waals surface area contributed by atoms with Gasteiger partial charge in [-0.1, -0.05) is 6.07 Å². The molecular formula is C11H11N3O3. The van der Waals surface area contributed by atoms with Gasteiger partial charge < -0.3 is 15.3 Å². The van der Waals surface area contributed by atoms with Crippen LogP contribution in [-0.4, -0.2) is 21.7 Å². The van der Waals surface area contributed by atoms with E-state index in [1.54, 1.807) is 18.2 Å². The van der Waals surface area contributed by atoms with E-state index in [9.17, 15) is 14.4 Å². The largest absolute Gasteiger partial charge is 0.345 e. The van der Waals surface area contributed by atoms with Gasteiger partial charge in [0.25, 0.3) is 5.91 Å². The van der Waals surface area contributed by atoms with E-state index in [0.717, 1.165) is 5.56 Å². The number of nitrogens with one attached hydrogen (secondary N) is 3. The molecular weight excluding hydrogens is 222 g/mol. The van der Waals surface area contributed by atoms with E-state index in [2.05, 4.69) is 15.3 Å². The summed E-state index contributed by atoms with van der Waals surface area (Å²) in [5.74, 6) is -1.14. The normalized spacial score (nSPS) is 10.4. The third-order valence-corrected chi connectivity index (χ3v) is 2.35. The first-order valence-electron chi connectivity index (χ1n) is 5.06. The molecule has 2 rings (SSSR count). The van der Waals surface area contributed by atoms with Crippen LogP contribution < -0.4 is 11.0 Å². The maximum absolute atomic E-state index is 11.1. The summed E-state index contributed by atoms with van der Waals surface area (Å²) in [6.45, 7) is 1.46. The summed E-state index contributed by atoms with van der Waals surface area (Å²) in [6.07, 6.45) is 0. The van der Waals surface area contributed by atoms with E-state index in [-0.39, 0.29) is 12.2 Å². The molecule has 2 aromatic rings. The lowest BCUT2D eigenvalue weighted by molar-refractivity contribution is -0.136. The Balaban J connectivity index is 2.16. The van der Waals surface area contributed by atoms with Crippen LogP contribution in [0.4, 0.5) is 0 Å². The lowest BCUT2D eigenvalue weighted by Gasteiger charge is -2.02. The summed E-state index contributed by atoms with van der Waals surface area (Å²) in [5, 5.41) is 2.48. The second-order valence-corrected chi connectivity index (χ2v) is 3.70. The van der Waals surface area contributed by atoms with Gasteiger partial charge in [-0.2, -0.15) is 0 Å². The molecule has 1 amide bonds. The summed E-state index contributed by atoms with van der Waals surface area (Å²) in [4.78, 5) is 38.0. The number of benzene rings is 1. The zero-order chi connectivity index (χ0) is 12.4. The van der Waals surface area contributed by atoms with Crippen molar-refractivity contribution in [3.63, 3.8) is 0 Å². The number of H-pyrrole nitrogens is 2. The first-order chi connectivity index (χ1) is 8.06. The number of Topliss-reactive ketones (excluding diaryl/α,β-unsaturated/α-hetero) is 1. The van der Waals surface area contributed by atoms with Crippen LogP contribution in [-0.2, 0) is 16.1 Å². The number of amides is 1. The van der Waals surface area contributed by atoms with Gasteiger partial charge in [-0.15, -0.1) is 0 Å². The van der Waals surface area contributed by atoms with Crippen LogP contribution in [0, 0.1) is 0 Å². The van der Waals surface area contributed by atoms with Crippen molar-refractivity contribution in [1.29, 1.82) is 0 Å². The zero-order valence-electron chi connectivity index (χ0n) is 9.16. The van der Waals surface area contributed by atoms with Crippen molar-refractivity contribution in [1.82, 2.24) is 15.3 Å². The number of hydrogen-bond donors (Lipinski definition) is 3. The van der Waals surface area contributed by atoms with Crippen molar-refractivity contribution in [3.05, 3.63) is 34.2 Å². The molecule has 17 heavy (non-hydrogen) atoms. The van der Waals surface area contributed by atoms with E-state index >= 15 is 0 Å². The smallest absolute Gasteiger partial charge is 0.323 e. The minimum atomic E-state index is -0.618. The number of rotatable bonds is 3. The predicted molar refractivity (Wildman–Crippen MR) is 61.4 cm³/mol. The highest BCUT2D eigenvalue weighted by molar-refractivity contribution is 6.35. The Hall–Kier alpha value is -2.37. The van der Waals surface area contributed by atoms with Crippen LogP contribution in [0.3, 0.4) is 0 Å². The number of carbonyl (C=O) groups excluding carboxylic acids is 2. The van der Waals surface area contributed by atoms with Crippen LogP contribution in [0.15, 0.2) is 23.0 Å². The average Bonchev–Trinajstić information content (AvgIpc) is 2.64. The highest BCUT2D eigenvalue weighted by Crippen LogP contribution is 2.09. The van der Waals surface area contributed by atoms with E-state index in [1.165, 1.54) is 6.92 Å². The van der Waals surface area contributed by atoms with Crippen molar-refractivity contribution < 1.29 is 9.59 Å². The fraction of sp³-hybridized carbons (Fsp3) is 0.182. The van der Waals surface area contributed by atoms with Gasteiger partial charge in [0, 0.05) is 13.5 Å². The first-order valence-corrected chi connectivity index (χ1v) is 5.06. The summed E-state index contributed by atoms with van der Waals surface area (Å²) in [5.41, 5.74) is 1.91. The van der Waals surface area contributed by atoms with Crippen LogP contribution >= 0.6 is 0 Å². The molecule has 6 nitrogen and oxygen atoms in total. The Morgan fingerprint density at radius 1 is 1.24 bits per heavy atom. The van der Waals surface area contributed by atoms with Gasteiger partial charge in [-0.25, -0.2) is 4.79 Å². The Kier molecular flexibility index (Phi) is 2.78. The van der Waals surface area contributed by atoms with Crippen molar-refractivity contribution in [2.45, 2.75) is 13.5 Å². The molecule has 88 valence electrons. The number of ketones is 1. The van der Waals surface area contributed by atoms with Gasteiger partial charge >= 0.3 is 5.69 Å². The lowest BCUT2D eigenvalue weighted by atomic mass is 10.2. The van der Waals surface area contributed by atoms with E-state index < -0.39 is 11.7 Å². The van der Waals surface area contributed by atoms with Gasteiger partial charge in [0.2, 0.25) is 5.78 Å². The molecule has 0 saturated heterocycles. The van der Waals surface area contributed by atoms with E-state index in [0.29, 0.717) is 11.0 Å². The van der Waals surface area contributed by atoms with Crippen LogP contribution in [0.5, 0.6) is 0 Å². The summed E-state index contributed by atoms with van der Waals surface area (Å²) >= 11 is 0. The zero-order valence-corrected chi connectivity index (χ0v) is 9.16. The highest BCUT2D eigenvalue weighted by atomic mass is 16.2. The first kappa shape index (κ1) is 11.1. The van der Waals surface area contributed by atoms with Gasteiger partial charge in [-0.05, 0) is 17.7 Å². The van der Waals surface area contributed by atoms with E-state index in [4.69, 9.17) is 0 Å². The fourth-order valence-corrected chi connectivity index (χ4v) is 1.50. The van der Waals surface area contributed by atoms with Crippen LogP contribution in [0.25, 0.3) is 11.0 Å². The molecule has 0 unspecified atom stereocenters.